The maximum absolute atomic E-state index is 5.79. The zero-order valence-corrected chi connectivity index (χ0v) is 7.38. The summed E-state index contributed by atoms with van der Waals surface area (Å²) in [5.41, 5.74) is 6.29. The topological polar surface area (TPSA) is 51.8 Å². The Balaban J connectivity index is 2.34. The number of nitrogens with two attached hydrogens (primary N) is 1. The number of rotatable bonds is 2. The first kappa shape index (κ1) is 7.95. The number of nitrogens with zero attached hydrogens (tertiary/aromatic N) is 2. The van der Waals surface area contributed by atoms with Gasteiger partial charge >= 0.3 is 0 Å². The quantitative estimate of drug-likeness (QED) is 0.707. The molecule has 4 heteroatoms. The van der Waals surface area contributed by atoms with E-state index in [-0.39, 0.29) is 0 Å². The highest BCUT2D eigenvalue weighted by Crippen LogP contribution is 2.38. The highest BCUT2D eigenvalue weighted by atomic mass is 35.5. The van der Waals surface area contributed by atoms with Crippen LogP contribution in [0.3, 0.4) is 0 Å². The first-order chi connectivity index (χ1) is 5.79. The van der Waals surface area contributed by atoms with Gasteiger partial charge in [-0.2, -0.15) is 0 Å². The van der Waals surface area contributed by atoms with Gasteiger partial charge in [0.25, 0.3) is 0 Å². The molecule has 1 heterocycles. The van der Waals surface area contributed by atoms with E-state index in [9.17, 15) is 0 Å². The molecule has 1 fully saturated rings. The molecule has 0 aliphatic heterocycles. The van der Waals surface area contributed by atoms with Crippen LogP contribution in [0, 0.1) is 0 Å². The Morgan fingerprint density at radius 3 is 2.83 bits per heavy atom. The highest BCUT2D eigenvalue weighted by Gasteiger charge is 2.26. The first-order valence-electron chi connectivity index (χ1n) is 4.03. The summed E-state index contributed by atoms with van der Waals surface area (Å²) in [5, 5.41) is 0.507. The van der Waals surface area contributed by atoms with Gasteiger partial charge in [0.1, 0.15) is 11.0 Å². The van der Waals surface area contributed by atoms with Crippen LogP contribution in [0.25, 0.3) is 0 Å². The Hall–Kier alpha value is -0.670. The summed E-state index contributed by atoms with van der Waals surface area (Å²) in [7, 11) is 0. The SMILES string of the molecule is NCc1cc(Cl)nc(C2CC2)n1. The predicted molar refractivity (Wildman–Crippen MR) is 46.9 cm³/mol. The fraction of sp³-hybridized carbons (Fsp3) is 0.500. The summed E-state index contributed by atoms with van der Waals surface area (Å²) in [6.45, 7) is 0.432. The normalized spacial score (nSPS) is 16.5. The highest BCUT2D eigenvalue weighted by molar-refractivity contribution is 6.29. The van der Waals surface area contributed by atoms with Crippen LogP contribution in [0.4, 0.5) is 0 Å². The average Bonchev–Trinajstić information content (AvgIpc) is 2.85. The van der Waals surface area contributed by atoms with Gasteiger partial charge in [0.15, 0.2) is 0 Å². The fourth-order valence-electron chi connectivity index (χ4n) is 1.11. The lowest BCUT2D eigenvalue weighted by atomic mass is 10.3. The number of halogens is 1. The minimum Gasteiger partial charge on any atom is -0.325 e. The molecule has 3 nitrogen and oxygen atoms in total. The van der Waals surface area contributed by atoms with Gasteiger partial charge in [-0.3, -0.25) is 0 Å². The maximum atomic E-state index is 5.79. The van der Waals surface area contributed by atoms with Gasteiger partial charge in [-0.15, -0.1) is 0 Å². The van der Waals surface area contributed by atoms with Gasteiger partial charge in [-0.05, 0) is 18.9 Å². The van der Waals surface area contributed by atoms with E-state index < -0.39 is 0 Å². The Bertz CT molecular complexity index is 296. The van der Waals surface area contributed by atoms with E-state index in [0.29, 0.717) is 17.6 Å². The summed E-state index contributed by atoms with van der Waals surface area (Å²) in [6, 6.07) is 1.72. The standard InChI is InChI=1S/C8H10ClN3/c9-7-3-6(4-10)11-8(12-7)5-1-2-5/h3,5H,1-2,4,10H2. The van der Waals surface area contributed by atoms with E-state index in [0.717, 1.165) is 11.5 Å². The van der Waals surface area contributed by atoms with Gasteiger partial charge in [-0.1, -0.05) is 11.6 Å². The van der Waals surface area contributed by atoms with Crippen LogP contribution in [-0.4, -0.2) is 9.97 Å². The lowest BCUT2D eigenvalue weighted by Gasteiger charge is -2.00. The maximum Gasteiger partial charge on any atom is 0.133 e. The summed E-state index contributed by atoms with van der Waals surface area (Å²) < 4.78 is 0. The molecule has 12 heavy (non-hydrogen) atoms. The van der Waals surface area contributed by atoms with Crippen LogP contribution in [0.5, 0.6) is 0 Å². The minimum absolute atomic E-state index is 0.432. The van der Waals surface area contributed by atoms with Crippen LogP contribution in [0.2, 0.25) is 5.15 Å². The van der Waals surface area contributed by atoms with E-state index >= 15 is 0 Å². The Labute approximate surface area is 76.0 Å². The van der Waals surface area contributed by atoms with Crippen molar-refractivity contribution in [2.75, 3.05) is 0 Å². The smallest absolute Gasteiger partial charge is 0.133 e. The third-order valence-electron chi connectivity index (χ3n) is 1.92. The molecule has 1 aromatic heterocycles. The molecule has 0 unspecified atom stereocenters. The van der Waals surface area contributed by atoms with Gasteiger partial charge < -0.3 is 5.73 Å². The third kappa shape index (κ3) is 1.57. The number of hydrogen-bond donors (Lipinski definition) is 1. The van der Waals surface area contributed by atoms with Crippen molar-refractivity contribution in [2.45, 2.75) is 25.3 Å². The molecular weight excluding hydrogens is 174 g/mol. The van der Waals surface area contributed by atoms with Crippen molar-refractivity contribution in [1.82, 2.24) is 9.97 Å². The molecule has 0 spiro atoms. The largest absolute Gasteiger partial charge is 0.325 e. The van der Waals surface area contributed by atoms with Gasteiger partial charge in [0.2, 0.25) is 0 Å². The van der Waals surface area contributed by atoms with Gasteiger partial charge in [-0.25, -0.2) is 9.97 Å². The Morgan fingerprint density at radius 2 is 2.25 bits per heavy atom. The summed E-state index contributed by atoms with van der Waals surface area (Å²) >= 11 is 5.79. The van der Waals surface area contributed by atoms with Crippen molar-refractivity contribution in [2.24, 2.45) is 5.73 Å². The Kier molecular flexibility index (Phi) is 1.98. The van der Waals surface area contributed by atoms with E-state index in [4.69, 9.17) is 17.3 Å². The summed E-state index contributed by atoms with van der Waals surface area (Å²) in [5.74, 6) is 1.40. The van der Waals surface area contributed by atoms with E-state index in [1.807, 2.05) is 0 Å². The third-order valence-corrected chi connectivity index (χ3v) is 2.11. The molecular formula is C8H10ClN3. The van der Waals surface area contributed by atoms with Crippen molar-refractivity contribution in [3.63, 3.8) is 0 Å². The first-order valence-corrected chi connectivity index (χ1v) is 4.41. The van der Waals surface area contributed by atoms with Crippen molar-refractivity contribution in [3.05, 3.63) is 22.7 Å². The molecule has 0 aromatic carbocycles. The molecule has 0 radical (unpaired) electrons. The van der Waals surface area contributed by atoms with Crippen LogP contribution in [0.15, 0.2) is 6.07 Å². The van der Waals surface area contributed by atoms with Crippen molar-refractivity contribution in [1.29, 1.82) is 0 Å². The lowest BCUT2D eigenvalue weighted by molar-refractivity contribution is 0.867. The minimum atomic E-state index is 0.432. The molecule has 1 aliphatic carbocycles. The second kappa shape index (κ2) is 2.99. The van der Waals surface area contributed by atoms with Crippen LogP contribution in [-0.2, 0) is 6.54 Å². The molecule has 0 bridgehead atoms. The molecule has 2 N–H and O–H groups in total. The molecule has 1 aromatic rings. The van der Waals surface area contributed by atoms with E-state index in [1.54, 1.807) is 6.07 Å². The summed E-state index contributed by atoms with van der Waals surface area (Å²) in [6.07, 6.45) is 2.37. The molecule has 1 aliphatic rings. The fourth-order valence-corrected chi connectivity index (χ4v) is 1.32. The molecule has 0 saturated heterocycles. The number of hydrogen-bond acceptors (Lipinski definition) is 3. The molecule has 1 saturated carbocycles. The van der Waals surface area contributed by atoms with E-state index in [2.05, 4.69) is 9.97 Å². The lowest BCUT2D eigenvalue weighted by Crippen LogP contribution is -2.03. The second-order valence-corrected chi connectivity index (χ2v) is 3.41. The van der Waals surface area contributed by atoms with Crippen LogP contribution < -0.4 is 5.73 Å². The Morgan fingerprint density at radius 1 is 1.50 bits per heavy atom. The zero-order valence-electron chi connectivity index (χ0n) is 6.63. The monoisotopic (exact) mass is 183 g/mol. The van der Waals surface area contributed by atoms with Crippen LogP contribution >= 0.6 is 11.6 Å². The molecule has 2 rings (SSSR count). The zero-order chi connectivity index (χ0) is 8.55. The average molecular weight is 184 g/mol. The van der Waals surface area contributed by atoms with Crippen molar-refractivity contribution < 1.29 is 0 Å². The van der Waals surface area contributed by atoms with Crippen molar-refractivity contribution in [3.8, 4) is 0 Å². The van der Waals surface area contributed by atoms with E-state index in [1.165, 1.54) is 12.8 Å². The van der Waals surface area contributed by atoms with Crippen LogP contribution in [0.1, 0.15) is 30.3 Å². The molecule has 64 valence electrons. The van der Waals surface area contributed by atoms with Gasteiger partial charge in [0, 0.05) is 12.5 Å². The predicted octanol–water partition coefficient (Wildman–Crippen LogP) is 1.47. The number of aromatic nitrogens is 2. The summed E-state index contributed by atoms with van der Waals surface area (Å²) in [4.78, 5) is 8.44. The molecule has 0 atom stereocenters. The van der Waals surface area contributed by atoms with Crippen molar-refractivity contribution >= 4 is 11.6 Å². The van der Waals surface area contributed by atoms with Gasteiger partial charge in [0.05, 0.1) is 5.69 Å². The molecule has 0 amide bonds. The second-order valence-electron chi connectivity index (χ2n) is 3.02.